The molecule has 1 aromatic carbocycles. The molecule has 28 heavy (non-hydrogen) atoms. The van der Waals surface area contributed by atoms with Gasteiger partial charge in [-0.3, -0.25) is 9.59 Å². The van der Waals surface area contributed by atoms with Crippen molar-refractivity contribution >= 4 is 29.9 Å². The Morgan fingerprint density at radius 2 is 1.93 bits per heavy atom. The van der Waals surface area contributed by atoms with Crippen LogP contribution in [0.15, 0.2) is 18.2 Å². The first-order chi connectivity index (χ1) is 13.0. The van der Waals surface area contributed by atoms with Gasteiger partial charge in [-0.15, -0.1) is 12.4 Å². The lowest BCUT2D eigenvalue weighted by atomic mass is 9.98. The molecule has 0 bridgehead atoms. The van der Waals surface area contributed by atoms with Crippen LogP contribution in [-0.4, -0.2) is 56.6 Å². The van der Waals surface area contributed by atoms with E-state index in [9.17, 15) is 9.59 Å². The third-order valence-corrected chi connectivity index (χ3v) is 6.38. The summed E-state index contributed by atoms with van der Waals surface area (Å²) in [6.07, 6.45) is 2.41. The predicted molar refractivity (Wildman–Crippen MR) is 108 cm³/mol. The van der Waals surface area contributed by atoms with Gasteiger partial charge in [0, 0.05) is 38.2 Å². The Bertz CT molecular complexity index is 759. The average molecular weight is 410 g/mol. The maximum absolute atomic E-state index is 13.0. The molecule has 0 aromatic heterocycles. The minimum atomic E-state index is -0.306. The summed E-state index contributed by atoms with van der Waals surface area (Å²) in [6.45, 7) is 1.91. The number of hydrogen-bond acceptors (Lipinski definition) is 5. The number of nitrogens with zero attached hydrogens (tertiary/aromatic N) is 2. The van der Waals surface area contributed by atoms with Crippen molar-refractivity contribution in [3.63, 3.8) is 0 Å². The van der Waals surface area contributed by atoms with E-state index in [0.717, 1.165) is 25.9 Å². The molecule has 3 aliphatic rings. The molecule has 4 atom stereocenters. The second-order valence-corrected chi connectivity index (χ2v) is 7.85. The molecule has 1 aromatic rings. The van der Waals surface area contributed by atoms with Gasteiger partial charge in [0.05, 0.1) is 25.8 Å². The van der Waals surface area contributed by atoms with Crippen LogP contribution in [0.25, 0.3) is 0 Å². The molecule has 4 rings (SSSR count). The summed E-state index contributed by atoms with van der Waals surface area (Å²) in [5.41, 5.74) is 6.87. The molecular formula is C20H28ClN3O4. The highest BCUT2D eigenvalue weighted by Gasteiger charge is 2.45. The number of benzene rings is 1. The van der Waals surface area contributed by atoms with Crippen molar-refractivity contribution in [2.24, 2.45) is 23.5 Å². The first kappa shape index (κ1) is 20.7. The Morgan fingerprint density at radius 3 is 2.61 bits per heavy atom. The van der Waals surface area contributed by atoms with Gasteiger partial charge < -0.3 is 25.0 Å². The van der Waals surface area contributed by atoms with Gasteiger partial charge in [-0.05, 0) is 36.8 Å². The molecule has 154 valence electrons. The fourth-order valence-corrected chi connectivity index (χ4v) is 4.86. The third kappa shape index (κ3) is 3.53. The van der Waals surface area contributed by atoms with Gasteiger partial charge in [0.15, 0.2) is 0 Å². The van der Waals surface area contributed by atoms with Crippen LogP contribution in [-0.2, 0) is 9.59 Å². The average Bonchev–Trinajstić information content (AvgIpc) is 3.36. The van der Waals surface area contributed by atoms with E-state index in [-0.39, 0.29) is 42.6 Å². The summed E-state index contributed by atoms with van der Waals surface area (Å²) in [7, 11) is 3.15. The summed E-state index contributed by atoms with van der Waals surface area (Å²) in [6, 6.07) is 5.56. The molecule has 2 aliphatic heterocycles. The van der Waals surface area contributed by atoms with Crippen LogP contribution in [0.2, 0.25) is 0 Å². The summed E-state index contributed by atoms with van der Waals surface area (Å²) in [5, 5.41) is 0. The lowest BCUT2D eigenvalue weighted by molar-refractivity contribution is -0.135. The highest BCUT2D eigenvalue weighted by molar-refractivity contribution is 6.01. The second-order valence-electron chi connectivity index (χ2n) is 7.85. The molecule has 0 spiro atoms. The maximum atomic E-state index is 13.0. The van der Waals surface area contributed by atoms with Gasteiger partial charge in [-0.25, -0.2) is 0 Å². The van der Waals surface area contributed by atoms with Crippen molar-refractivity contribution in [1.82, 2.24) is 4.90 Å². The number of fused-ring (bicyclic) bond motifs is 1. The second kappa shape index (κ2) is 8.17. The van der Waals surface area contributed by atoms with E-state index in [1.54, 1.807) is 31.3 Å². The largest absolute Gasteiger partial charge is 0.497 e. The fraction of sp³-hybridized carbons (Fsp3) is 0.600. The van der Waals surface area contributed by atoms with Gasteiger partial charge in [0.1, 0.15) is 11.5 Å². The fourth-order valence-electron chi connectivity index (χ4n) is 4.86. The number of carbonyl (C=O) groups excluding carboxylic acids is 2. The Morgan fingerprint density at radius 1 is 1.14 bits per heavy atom. The molecule has 3 fully saturated rings. The zero-order valence-corrected chi connectivity index (χ0v) is 17.1. The number of ether oxygens (including phenoxy) is 2. The number of anilines is 1. The van der Waals surface area contributed by atoms with Crippen LogP contribution in [0.4, 0.5) is 5.69 Å². The van der Waals surface area contributed by atoms with Crippen molar-refractivity contribution in [2.45, 2.75) is 25.3 Å². The van der Waals surface area contributed by atoms with Crippen LogP contribution in [0.3, 0.4) is 0 Å². The Labute approximate surface area is 171 Å². The van der Waals surface area contributed by atoms with Gasteiger partial charge in [-0.2, -0.15) is 0 Å². The Hall–Kier alpha value is -1.99. The van der Waals surface area contributed by atoms with Crippen molar-refractivity contribution in [2.75, 3.05) is 38.8 Å². The topological polar surface area (TPSA) is 85.1 Å². The molecule has 0 radical (unpaired) electrons. The SMILES string of the molecule is COc1ccc(N2CC(C(=O)N3CC4CCC(N)C4C3)CC2=O)c(OC)c1.Cl. The number of nitrogens with two attached hydrogens (primary N) is 1. The number of methoxy groups -OCH3 is 2. The predicted octanol–water partition coefficient (Wildman–Crippen LogP) is 1.67. The van der Waals surface area contributed by atoms with E-state index < -0.39 is 0 Å². The van der Waals surface area contributed by atoms with Crippen LogP contribution >= 0.6 is 12.4 Å². The van der Waals surface area contributed by atoms with E-state index in [1.807, 2.05) is 11.0 Å². The quantitative estimate of drug-likeness (QED) is 0.817. The molecule has 1 saturated carbocycles. The molecule has 2 saturated heterocycles. The first-order valence-corrected chi connectivity index (χ1v) is 9.58. The minimum absolute atomic E-state index is 0. The van der Waals surface area contributed by atoms with E-state index in [2.05, 4.69) is 0 Å². The number of rotatable bonds is 4. The van der Waals surface area contributed by atoms with Crippen LogP contribution in [0, 0.1) is 17.8 Å². The van der Waals surface area contributed by atoms with Crippen molar-refractivity contribution < 1.29 is 19.1 Å². The number of amides is 2. The summed E-state index contributed by atoms with van der Waals surface area (Å²) in [4.78, 5) is 29.2. The van der Waals surface area contributed by atoms with Gasteiger partial charge in [0.25, 0.3) is 0 Å². The highest BCUT2D eigenvalue weighted by Crippen LogP contribution is 2.39. The summed E-state index contributed by atoms with van der Waals surface area (Å²) in [5.74, 6) is 1.90. The zero-order valence-electron chi connectivity index (χ0n) is 16.3. The van der Waals surface area contributed by atoms with E-state index >= 15 is 0 Å². The first-order valence-electron chi connectivity index (χ1n) is 9.58. The third-order valence-electron chi connectivity index (χ3n) is 6.38. The zero-order chi connectivity index (χ0) is 19.1. The number of hydrogen-bond donors (Lipinski definition) is 1. The lowest BCUT2D eigenvalue weighted by Gasteiger charge is -2.23. The standard InChI is InChI=1S/C20H27N3O4.ClH/c1-26-14-4-6-17(18(8-14)27-2)23-10-13(7-19(23)24)20(25)22-9-12-3-5-16(21)15(12)11-22;/h4,6,8,12-13,15-16H,3,5,7,9-11,21H2,1-2H3;1H. The van der Waals surface area contributed by atoms with Gasteiger partial charge in [-0.1, -0.05) is 0 Å². The highest BCUT2D eigenvalue weighted by atomic mass is 35.5. The van der Waals surface area contributed by atoms with Crippen LogP contribution in [0.5, 0.6) is 11.5 Å². The number of halogens is 1. The lowest BCUT2D eigenvalue weighted by Crippen LogP contribution is -2.38. The normalized spacial score (nSPS) is 28.9. The van der Waals surface area contributed by atoms with E-state index in [1.165, 1.54) is 0 Å². The Balaban J connectivity index is 0.00000225. The van der Waals surface area contributed by atoms with Crippen molar-refractivity contribution in [3.05, 3.63) is 18.2 Å². The molecule has 1 aliphatic carbocycles. The van der Waals surface area contributed by atoms with Crippen LogP contribution in [0.1, 0.15) is 19.3 Å². The molecule has 2 amide bonds. The molecule has 2 heterocycles. The molecule has 2 N–H and O–H groups in total. The van der Waals surface area contributed by atoms with Gasteiger partial charge in [0.2, 0.25) is 11.8 Å². The molecule has 8 heteroatoms. The molecule has 7 nitrogen and oxygen atoms in total. The van der Waals surface area contributed by atoms with Crippen LogP contribution < -0.4 is 20.1 Å². The van der Waals surface area contributed by atoms with E-state index in [0.29, 0.717) is 35.6 Å². The summed E-state index contributed by atoms with van der Waals surface area (Å²) < 4.78 is 10.6. The molecule has 4 unspecified atom stereocenters. The monoisotopic (exact) mass is 409 g/mol. The number of carbonyl (C=O) groups is 2. The van der Waals surface area contributed by atoms with Crippen molar-refractivity contribution in [3.8, 4) is 11.5 Å². The maximum Gasteiger partial charge on any atom is 0.228 e. The smallest absolute Gasteiger partial charge is 0.228 e. The number of likely N-dealkylation sites (tertiary alicyclic amines) is 1. The van der Waals surface area contributed by atoms with E-state index in [4.69, 9.17) is 15.2 Å². The summed E-state index contributed by atoms with van der Waals surface area (Å²) >= 11 is 0. The molecular weight excluding hydrogens is 382 g/mol. The van der Waals surface area contributed by atoms with Gasteiger partial charge >= 0.3 is 0 Å². The Kier molecular flexibility index (Phi) is 6.05. The minimum Gasteiger partial charge on any atom is -0.497 e. The van der Waals surface area contributed by atoms with Crippen molar-refractivity contribution in [1.29, 1.82) is 0 Å².